The molecule has 0 radical (unpaired) electrons. The molecule has 2 atom stereocenters. The number of carboxylic acids is 1. The smallest absolute Gasteiger partial charge is 0.320 e. The van der Waals surface area contributed by atoms with Crippen LogP contribution in [0.1, 0.15) is 8.44 Å². The summed E-state index contributed by atoms with van der Waals surface area (Å²) < 4.78 is 14.6. The number of H-pyrrole nitrogens is 1. The summed E-state index contributed by atoms with van der Waals surface area (Å²) in [5.41, 5.74) is 5.33. The quantitative estimate of drug-likeness (QED) is 0.544. The van der Waals surface area contributed by atoms with Crippen molar-refractivity contribution in [3.8, 4) is 0 Å². The normalized spacial score (nSPS) is 21.2. The van der Waals surface area contributed by atoms with Crippen molar-refractivity contribution in [2.45, 2.75) is 12.4 Å². The van der Waals surface area contributed by atoms with Gasteiger partial charge in [0, 0.05) is 19.7 Å². The zero-order chi connectivity index (χ0) is 10.1. The van der Waals surface area contributed by atoms with Crippen LogP contribution >= 0.6 is 0 Å². The van der Waals surface area contributed by atoms with Crippen molar-refractivity contribution in [3.05, 3.63) is 18.2 Å². The molecule has 0 spiro atoms. The molecule has 60 valence electrons. The Kier molecular flexibility index (Phi) is 1.52. The second kappa shape index (κ2) is 3.16. The minimum Gasteiger partial charge on any atom is -0.480 e. The van der Waals surface area contributed by atoms with Gasteiger partial charge in [-0.1, -0.05) is 0 Å². The Morgan fingerprint density at radius 2 is 2.91 bits per heavy atom. The number of nitrogens with two attached hydrogens (primary N) is 1. The molecule has 5 heteroatoms. The van der Waals surface area contributed by atoms with E-state index in [0.29, 0.717) is 0 Å². The standard InChI is InChI=1S/C6H9N3O2/c7-5(6(10)11)1-4-2-8-3-9-4/h2-3,5H,1,7H2,(H,8,9)(H,10,11)/t5-/m0/s1/i1D,5D/t1-,5-. The van der Waals surface area contributed by atoms with E-state index in [1.54, 1.807) is 0 Å². The molecular formula is C6H9N3O2. The molecule has 0 bridgehead atoms. The Labute approximate surface area is 66.1 Å². The van der Waals surface area contributed by atoms with Crippen LogP contribution in [0.5, 0.6) is 0 Å². The molecule has 0 saturated carbocycles. The lowest BCUT2D eigenvalue weighted by atomic mass is 10.2. The molecule has 1 aromatic rings. The van der Waals surface area contributed by atoms with Crippen LogP contribution in [0.15, 0.2) is 12.5 Å². The van der Waals surface area contributed by atoms with Crippen molar-refractivity contribution in [3.63, 3.8) is 0 Å². The van der Waals surface area contributed by atoms with Gasteiger partial charge in [-0.05, 0) is 0 Å². The molecule has 0 saturated heterocycles. The summed E-state index contributed by atoms with van der Waals surface area (Å²) in [6.07, 6.45) is 1.19. The number of aromatic amines is 1. The first kappa shape index (κ1) is 5.31. The van der Waals surface area contributed by atoms with Gasteiger partial charge >= 0.3 is 5.97 Å². The number of hydrogen-bond acceptors (Lipinski definition) is 3. The summed E-state index contributed by atoms with van der Waals surface area (Å²) in [6, 6.07) is -2.35. The number of aromatic nitrogens is 2. The summed E-state index contributed by atoms with van der Waals surface area (Å²) in [4.78, 5) is 16.6. The Hall–Kier alpha value is -1.36. The third-order valence-electron chi connectivity index (χ3n) is 1.08. The average Bonchev–Trinajstić information content (AvgIpc) is 2.54. The Morgan fingerprint density at radius 3 is 3.36 bits per heavy atom. The third kappa shape index (κ3) is 2.05. The van der Waals surface area contributed by atoms with Crippen LogP contribution in [0.4, 0.5) is 0 Å². The maximum atomic E-state index is 10.5. The molecule has 1 heterocycles. The minimum atomic E-state index is -2.35. The van der Waals surface area contributed by atoms with Crippen molar-refractivity contribution in [1.29, 1.82) is 0 Å². The number of aliphatic carboxylic acids is 1. The number of rotatable bonds is 3. The maximum absolute atomic E-state index is 10.5. The highest BCUT2D eigenvalue weighted by Crippen LogP contribution is 1.95. The summed E-state index contributed by atoms with van der Waals surface area (Å²) in [5, 5.41) is 8.54. The van der Waals surface area contributed by atoms with Crippen LogP contribution in [-0.4, -0.2) is 27.1 Å². The van der Waals surface area contributed by atoms with Crippen LogP contribution in [0, 0.1) is 0 Å². The van der Waals surface area contributed by atoms with Crippen molar-refractivity contribution < 1.29 is 12.6 Å². The molecule has 0 aromatic carbocycles. The topological polar surface area (TPSA) is 92.0 Å². The molecule has 0 unspecified atom stereocenters. The number of carbonyl (C=O) groups is 1. The van der Waals surface area contributed by atoms with Gasteiger partial charge in [0.1, 0.15) is 6.02 Å². The first-order valence-corrected chi connectivity index (χ1v) is 2.89. The zero-order valence-corrected chi connectivity index (χ0v) is 5.61. The summed E-state index contributed by atoms with van der Waals surface area (Å²) in [7, 11) is 0. The molecule has 0 aliphatic rings. The molecular weight excluding hydrogens is 146 g/mol. The minimum absolute atomic E-state index is 0.208. The predicted molar refractivity (Wildman–Crippen MR) is 37.9 cm³/mol. The lowest BCUT2D eigenvalue weighted by Gasteiger charge is -2.02. The van der Waals surface area contributed by atoms with Gasteiger partial charge in [-0.3, -0.25) is 4.79 Å². The Balaban J connectivity index is 2.90. The summed E-state index contributed by atoms with van der Waals surface area (Å²) in [6.45, 7) is 0. The van der Waals surface area contributed by atoms with Crippen LogP contribution in [0.25, 0.3) is 0 Å². The van der Waals surface area contributed by atoms with E-state index in [0.717, 1.165) is 0 Å². The SMILES string of the molecule is [2H][C@@H](c1cnc[nH]1)[C@]([2H])(N)C(=O)O. The summed E-state index contributed by atoms with van der Waals surface area (Å²) in [5.74, 6) is -1.54. The Bertz CT molecular complexity index is 299. The molecule has 1 aromatic heterocycles. The number of imidazole rings is 1. The highest BCUT2D eigenvalue weighted by atomic mass is 16.4. The van der Waals surface area contributed by atoms with E-state index in [2.05, 4.69) is 9.97 Å². The van der Waals surface area contributed by atoms with E-state index in [1.807, 2.05) is 0 Å². The lowest BCUT2D eigenvalue weighted by Crippen LogP contribution is -2.32. The number of hydrogen-bond donors (Lipinski definition) is 3. The monoisotopic (exact) mass is 157 g/mol. The highest BCUT2D eigenvalue weighted by Gasteiger charge is 2.11. The highest BCUT2D eigenvalue weighted by molar-refractivity contribution is 5.73. The van der Waals surface area contributed by atoms with Gasteiger partial charge in [-0.15, -0.1) is 0 Å². The van der Waals surface area contributed by atoms with Crippen LogP contribution in [-0.2, 0) is 11.2 Å². The van der Waals surface area contributed by atoms with Crippen molar-refractivity contribution in [1.82, 2.24) is 9.97 Å². The molecule has 0 aliphatic heterocycles. The second-order valence-electron chi connectivity index (χ2n) is 1.91. The molecule has 4 N–H and O–H groups in total. The molecule has 1 rings (SSSR count). The molecule has 0 aliphatic carbocycles. The number of nitrogens with zero attached hydrogens (tertiary/aromatic N) is 1. The van der Waals surface area contributed by atoms with Crippen LogP contribution in [0.3, 0.4) is 0 Å². The van der Waals surface area contributed by atoms with E-state index in [4.69, 9.17) is 13.6 Å². The van der Waals surface area contributed by atoms with E-state index in [9.17, 15) is 4.79 Å². The molecule has 0 amide bonds. The Morgan fingerprint density at radius 1 is 2.18 bits per heavy atom. The fourth-order valence-corrected chi connectivity index (χ4v) is 0.575. The van der Waals surface area contributed by atoms with E-state index in [-0.39, 0.29) is 5.69 Å². The van der Waals surface area contributed by atoms with Crippen molar-refractivity contribution >= 4 is 5.97 Å². The fourth-order valence-electron chi connectivity index (χ4n) is 0.575. The lowest BCUT2D eigenvalue weighted by molar-refractivity contribution is -0.138. The van der Waals surface area contributed by atoms with Crippen LogP contribution < -0.4 is 5.73 Å². The van der Waals surface area contributed by atoms with Gasteiger partial charge in [0.15, 0.2) is 0 Å². The van der Waals surface area contributed by atoms with Gasteiger partial charge in [0.25, 0.3) is 0 Å². The van der Waals surface area contributed by atoms with E-state index >= 15 is 0 Å². The van der Waals surface area contributed by atoms with Gasteiger partial charge < -0.3 is 15.8 Å². The molecule has 11 heavy (non-hydrogen) atoms. The van der Waals surface area contributed by atoms with E-state index < -0.39 is 18.4 Å². The molecule has 5 nitrogen and oxygen atoms in total. The second-order valence-corrected chi connectivity index (χ2v) is 1.91. The number of carboxylic acid groups (broad SMARTS) is 1. The van der Waals surface area contributed by atoms with Crippen LogP contribution in [0.2, 0.25) is 0 Å². The third-order valence-corrected chi connectivity index (χ3v) is 1.08. The average molecular weight is 157 g/mol. The fraction of sp³-hybridized carbons (Fsp3) is 0.333. The molecule has 0 fully saturated rings. The van der Waals surface area contributed by atoms with Gasteiger partial charge in [-0.2, -0.15) is 0 Å². The van der Waals surface area contributed by atoms with Gasteiger partial charge in [0.05, 0.1) is 7.70 Å². The summed E-state index contributed by atoms with van der Waals surface area (Å²) >= 11 is 0. The maximum Gasteiger partial charge on any atom is 0.320 e. The largest absolute Gasteiger partial charge is 0.480 e. The predicted octanol–water partition coefficient (Wildman–Crippen LogP) is -0.636. The van der Waals surface area contributed by atoms with Gasteiger partial charge in [-0.25, -0.2) is 4.98 Å². The van der Waals surface area contributed by atoms with Crippen molar-refractivity contribution in [2.75, 3.05) is 0 Å². The van der Waals surface area contributed by atoms with E-state index in [1.165, 1.54) is 12.5 Å². The van der Waals surface area contributed by atoms with Crippen molar-refractivity contribution in [2.24, 2.45) is 5.73 Å². The van der Waals surface area contributed by atoms with Gasteiger partial charge in [0.2, 0.25) is 0 Å². The number of nitrogens with one attached hydrogen (secondary N) is 1. The first-order valence-electron chi connectivity index (χ1n) is 3.96. The zero-order valence-electron chi connectivity index (χ0n) is 7.61. The first-order chi connectivity index (χ1) is 5.96.